The van der Waals surface area contributed by atoms with E-state index < -0.39 is 16.1 Å². The molecule has 2 heterocycles. The number of H-pyrrole nitrogens is 1. The van der Waals surface area contributed by atoms with Crippen LogP contribution in [0.5, 0.6) is 5.88 Å². The first-order valence-electron chi connectivity index (χ1n) is 11.5. The fourth-order valence-corrected chi connectivity index (χ4v) is 5.86. The van der Waals surface area contributed by atoms with Crippen molar-refractivity contribution >= 4 is 44.3 Å². The molecule has 1 unspecified atom stereocenters. The topological polar surface area (TPSA) is 135 Å². The van der Waals surface area contributed by atoms with E-state index in [1.807, 2.05) is 24.3 Å². The number of hydrogen-bond donors (Lipinski definition) is 5. The van der Waals surface area contributed by atoms with E-state index in [2.05, 4.69) is 19.9 Å². The molecule has 12 heteroatoms. The van der Waals surface area contributed by atoms with Gasteiger partial charge in [0.25, 0.3) is 0 Å². The third-order valence-corrected chi connectivity index (χ3v) is 7.85. The minimum atomic E-state index is -3.50. The third kappa shape index (κ3) is 6.80. The number of aromatic hydroxyl groups is 1. The molecular formula is C24H29ClN4O5S2. The van der Waals surface area contributed by atoms with Gasteiger partial charge in [-0.1, -0.05) is 41.1 Å². The van der Waals surface area contributed by atoms with Crippen molar-refractivity contribution in [2.75, 3.05) is 29.0 Å². The highest BCUT2D eigenvalue weighted by Crippen LogP contribution is 2.28. The fourth-order valence-electron chi connectivity index (χ4n) is 4.31. The number of aromatic nitrogens is 1. The monoisotopic (exact) mass is 552 g/mol. The predicted molar refractivity (Wildman–Crippen MR) is 144 cm³/mol. The van der Waals surface area contributed by atoms with Gasteiger partial charge in [0.05, 0.1) is 34.1 Å². The van der Waals surface area contributed by atoms with Crippen molar-refractivity contribution in [2.45, 2.75) is 38.0 Å². The molecule has 0 bridgehead atoms. The average molecular weight is 553 g/mol. The van der Waals surface area contributed by atoms with Crippen LogP contribution in [0.15, 0.2) is 47.3 Å². The van der Waals surface area contributed by atoms with Gasteiger partial charge in [-0.05, 0) is 54.7 Å². The van der Waals surface area contributed by atoms with E-state index in [1.54, 1.807) is 18.2 Å². The summed E-state index contributed by atoms with van der Waals surface area (Å²) in [6.45, 7) is 1.15. The second kappa shape index (κ2) is 11.2. The highest BCUT2D eigenvalue weighted by atomic mass is 35.5. The summed E-state index contributed by atoms with van der Waals surface area (Å²) in [5, 5.41) is 24.3. The number of hydrogen-bond acceptors (Lipinski definition) is 8. The standard InChI is InChI=1S/C24H29ClN4O5S2/c1-36(33,34)28-19-13-16(7-10-18(19)25)20(30)14-26-22-4-2-3-11-29(22)17-8-5-15(6-9-17)12-21-23(31)27-24(32)35-21/h5-10,13,20,22,26,28,30-31H,2-4,11-12,14H2,1H3,(H,27,32)/t20-,22?/m0/s1. The van der Waals surface area contributed by atoms with E-state index in [0.29, 0.717) is 16.9 Å². The van der Waals surface area contributed by atoms with Crippen LogP contribution in [0.3, 0.4) is 0 Å². The van der Waals surface area contributed by atoms with Crippen LogP contribution in [-0.4, -0.2) is 49.1 Å². The lowest BCUT2D eigenvalue weighted by Gasteiger charge is -2.38. The number of nitrogens with zero attached hydrogens (tertiary/aromatic N) is 1. The van der Waals surface area contributed by atoms with Crippen LogP contribution in [0.25, 0.3) is 0 Å². The van der Waals surface area contributed by atoms with E-state index in [9.17, 15) is 23.4 Å². The fraction of sp³-hybridized carbons (Fsp3) is 0.375. The van der Waals surface area contributed by atoms with Gasteiger partial charge in [0.2, 0.25) is 15.9 Å². The van der Waals surface area contributed by atoms with E-state index in [1.165, 1.54) is 0 Å². The Balaban J connectivity index is 1.41. The first-order chi connectivity index (χ1) is 17.1. The lowest BCUT2D eigenvalue weighted by molar-refractivity contribution is 0.166. The number of benzene rings is 2. The minimum absolute atomic E-state index is 0.0270. The minimum Gasteiger partial charge on any atom is -0.494 e. The Bertz CT molecular complexity index is 1360. The van der Waals surface area contributed by atoms with Crippen LogP contribution < -0.4 is 19.8 Å². The van der Waals surface area contributed by atoms with Gasteiger partial charge in [0, 0.05) is 25.2 Å². The van der Waals surface area contributed by atoms with E-state index >= 15 is 0 Å². The molecule has 0 saturated carbocycles. The molecule has 0 spiro atoms. The Morgan fingerprint density at radius 1 is 1.22 bits per heavy atom. The summed E-state index contributed by atoms with van der Waals surface area (Å²) in [7, 11) is -3.50. The molecule has 2 aromatic carbocycles. The molecule has 9 nitrogen and oxygen atoms in total. The Labute approximate surface area is 218 Å². The lowest BCUT2D eigenvalue weighted by atomic mass is 10.0. The van der Waals surface area contributed by atoms with Crippen molar-refractivity contribution in [3.05, 3.63) is 73.2 Å². The number of nitrogens with one attached hydrogen (secondary N) is 3. The number of piperidine rings is 1. The van der Waals surface area contributed by atoms with Crippen molar-refractivity contribution < 1.29 is 18.6 Å². The van der Waals surface area contributed by atoms with Crippen LogP contribution >= 0.6 is 22.9 Å². The Kier molecular flexibility index (Phi) is 8.26. The van der Waals surface area contributed by atoms with Crippen molar-refractivity contribution in [3.8, 4) is 5.88 Å². The maximum absolute atomic E-state index is 11.6. The Morgan fingerprint density at radius 2 is 1.97 bits per heavy atom. The first kappa shape index (κ1) is 26.5. The van der Waals surface area contributed by atoms with Crippen LogP contribution in [0.4, 0.5) is 11.4 Å². The summed E-state index contributed by atoms with van der Waals surface area (Å²) in [5.74, 6) is -0.0761. The largest absolute Gasteiger partial charge is 0.494 e. The van der Waals surface area contributed by atoms with Gasteiger partial charge in [0.15, 0.2) is 0 Å². The van der Waals surface area contributed by atoms with Crippen LogP contribution in [0.1, 0.15) is 41.4 Å². The molecule has 36 heavy (non-hydrogen) atoms. The smallest absolute Gasteiger partial charge is 0.307 e. The summed E-state index contributed by atoms with van der Waals surface area (Å²) in [4.78, 5) is 16.4. The molecule has 1 aliphatic rings. The SMILES string of the molecule is CS(=O)(=O)Nc1cc([C@@H](O)CNC2CCCCN2c2ccc(Cc3sc(=O)[nH]c3O)cc2)ccc1Cl. The molecule has 3 aromatic rings. The molecule has 0 amide bonds. The molecule has 0 radical (unpaired) electrons. The van der Waals surface area contributed by atoms with E-state index in [4.69, 9.17) is 11.6 Å². The molecule has 194 valence electrons. The van der Waals surface area contributed by atoms with Gasteiger partial charge in [-0.25, -0.2) is 8.42 Å². The maximum atomic E-state index is 11.6. The van der Waals surface area contributed by atoms with Gasteiger partial charge in [0.1, 0.15) is 0 Å². The second-order valence-corrected chi connectivity index (χ2v) is 12.1. The highest BCUT2D eigenvalue weighted by molar-refractivity contribution is 7.92. The molecule has 1 aliphatic heterocycles. The summed E-state index contributed by atoms with van der Waals surface area (Å²) >= 11 is 7.11. The van der Waals surface area contributed by atoms with E-state index in [0.717, 1.165) is 54.7 Å². The number of aliphatic hydroxyl groups excluding tert-OH is 1. The number of aliphatic hydroxyl groups is 1. The number of halogens is 1. The highest BCUT2D eigenvalue weighted by Gasteiger charge is 2.24. The lowest BCUT2D eigenvalue weighted by Crippen LogP contribution is -2.50. The Morgan fingerprint density at radius 3 is 2.64 bits per heavy atom. The number of sulfonamides is 1. The summed E-state index contributed by atoms with van der Waals surface area (Å²) in [6.07, 6.45) is 3.74. The number of thiazole rings is 1. The molecule has 5 N–H and O–H groups in total. The number of rotatable bonds is 9. The quantitative estimate of drug-likeness (QED) is 0.274. The normalized spacial score (nSPS) is 17.2. The van der Waals surface area contributed by atoms with Gasteiger partial charge in [-0.15, -0.1) is 0 Å². The van der Waals surface area contributed by atoms with Crippen LogP contribution in [0.2, 0.25) is 5.02 Å². The maximum Gasteiger partial charge on any atom is 0.307 e. The molecule has 4 rings (SSSR count). The van der Waals surface area contributed by atoms with Crippen LogP contribution in [-0.2, 0) is 16.4 Å². The average Bonchev–Trinajstić information content (AvgIpc) is 3.15. The molecule has 1 fully saturated rings. The van der Waals surface area contributed by atoms with Gasteiger partial charge in [-0.3, -0.25) is 19.8 Å². The second-order valence-electron chi connectivity index (χ2n) is 8.87. The Hall–Kier alpha value is -2.57. The zero-order valence-electron chi connectivity index (χ0n) is 19.7. The summed E-state index contributed by atoms with van der Waals surface area (Å²) < 4.78 is 25.6. The van der Waals surface area contributed by atoms with Gasteiger partial charge >= 0.3 is 4.87 Å². The zero-order valence-corrected chi connectivity index (χ0v) is 22.1. The van der Waals surface area contributed by atoms with Crippen molar-refractivity contribution in [1.29, 1.82) is 0 Å². The molecule has 1 aromatic heterocycles. The van der Waals surface area contributed by atoms with Gasteiger partial charge < -0.3 is 15.1 Å². The summed E-state index contributed by atoms with van der Waals surface area (Å²) in [5.41, 5.74) is 2.82. The van der Waals surface area contributed by atoms with Crippen molar-refractivity contribution in [1.82, 2.24) is 10.3 Å². The predicted octanol–water partition coefficient (Wildman–Crippen LogP) is 3.40. The van der Waals surface area contributed by atoms with Gasteiger partial charge in [-0.2, -0.15) is 0 Å². The van der Waals surface area contributed by atoms with E-state index in [-0.39, 0.29) is 34.2 Å². The third-order valence-electron chi connectivity index (χ3n) is 6.05. The molecule has 0 aliphatic carbocycles. The van der Waals surface area contributed by atoms with Crippen molar-refractivity contribution in [3.63, 3.8) is 0 Å². The molecule has 1 saturated heterocycles. The van der Waals surface area contributed by atoms with Crippen LogP contribution in [0, 0.1) is 0 Å². The number of anilines is 2. The molecular weight excluding hydrogens is 524 g/mol. The molecule has 2 atom stereocenters. The summed E-state index contributed by atoms with van der Waals surface area (Å²) in [6, 6.07) is 12.8. The zero-order chi connectivity index (χ0) is 25.9. The number of aromatic amines is 1. The first-order valence-corrected chi connectivity index (χ1v) is 14.6. The van der Waals surface area contributed by atoms with Crippen molar-refractivity contribution in [2.24, 2.45) is 0 Å².